The number of halogens is 1. The first kappa shape index (κ1) is 10.1. The number of imidazole rings is 1. The summed E-state index contributed by atoms with van der Waals surface area (Å²) in [5, 5.41) is 0.722. The van der Waals surface area contributed by atoms with Gasteiger partial charge < -0.3 is 9.72 Å². The molecular formula is C12H13ClN2O. The molecule has 0 saturated carbocycles. The third kappa shape index (κ3) is 1.51. The van der Waals surface area contributed by atoms with Crippen molar-refractivity contribution in [1.82, 2.24) is 9.97 Å². The highest BCUT2D eigenvalue weighted by atomic mass is 35.5. The van der Waals surface area contributed by atoms with Gasteiger partial charge in [0.25, 0.3) is 0 Å². The van der Waals surface area contributed by atoms with E-state index < -0.39 is 0 Å². The lowest BCUT2D eigenvalue weighted by Crippen LogP contribution is -2.21. The molecule has 2 aromatic rings. The first-order chi connectivity index (χ1) is 7.67. The minimum absolute atomic E-state index is 0.258. The first-order valence-electron chi connectivity index (χ1n) is 5.47. The van der Waals surface area contributed by atoms with Crippen LogP contribution < -0.4 is 0 Å². The van der Waals surface area contributed by atoms with Crippen molar-refractivity contribution in [3.8, 4) is 0 Å². The number of aromatic nitrogens is 2. The third-order valence-electron chi connectivity index (χ3n) is 3.16. The van der Waals surface area contributed by atoms with Crippen molar-refractivity contribution < 1.29 is 4.74 Å². The summed E-state index contributed by atoms with van der Waals surface area (Å²) < 4.78 is 5.76. The molecule has 1 aliphatic rings. The fourth-order valence-corrected chi connectivity index (χ4v) is 2.37. The zero-order valence-electron chi connectivity index (χ0n) is 9.09. The summed E-state index contributed by atoms with van der Waals surface area (Å²) in [6.07, 6.45) is 2.11. The van der Waals surface area contributed by atoms with Gasteiger partial charge in [-0.25, -0.2) is 4.98 Å². The smallest absolute Gasteiger partial charge is 0.139 e. The monoisotopic (exact) mass is 236 g/mol. The average molecular weight is 237 g/mol. The number of hydrogen-bond acceptors (Lipinski definition) is 2. The number of nitrogens with one attached hydrogen (secondary N) is 1. The lowest BCUT2D eigenvalue weighted by molar-refractivity contribution is 0.0103. The number of benzene rings is 1. The Balaban J connectivity index is 2.11. The number of fused-ring (bicyclic) bond motifs is 1. The maximum Gasteiger partial charge on any atom is 0.139 e. The highest BCUT2D eigenvalue weighted by molar-refractivity contribution is 6.31. The van der Waals surface area contributed by atoms with Crippen molar-refractivity contribution in [2.75, 3.05) is 6.61 Å². The summed E-state index contributed by atoms with van der Waals surface area (Å²) in [6.45, 7) is 2.90. The van der Waals surface area contributed by atoms with Crippen molar-refractivity contribution in [2.24, 2.45) is 0 Å². The Morgan fingerprint density at radius 2 is 2.38 bits per heavy atom. The predicted octanol–water partition coefficient (Wildman–Crippen LogP) is 3.24. The standard InChI is InChI=1S/C12H13ClN2O/c1-12(5-2-6-16-12)11-14-9-4-3-8(13)7-10(9)15-11/h3-4,7H,2,5-6H2,1H3,(H,14,15). The molecule has 1 saturated heterocycles. The van der Waals surface area contributed by atoms with E-state index in [-0.39, 0.29) is 5.60 Å². The van der Waals surface area contributed by atoms with Gasteiger partial charge in [0.2, 0.25) is 0 Å². The molecule has 1 aromatic carbocycles. The second kappa shape index (κ2) is 3.47. The maximum atomic E-state index is 5.94. The molecule has 1 fully saturated rings. The molecule has 4 heteroatoms. The minimum Gasteiger partial charge on any atom is -0.367 e. The zero-order valence-corrected chi connectivity index (χ0v) is 9.84. The van der Waals surface area contributed by atoms with Gasteiger partial charge >= 0.3 is 0 Å². The van der Waals surface area contributed by atoms with Gasteiger partial charge in [-0.2, -0.15) is 0 Å². The van der Waals surface area contributed by atoms with E-state index in [2.05, 4.69) is 16.9 Å². The molecule has 16 heavy (non-hydrogen) atoms. The topological polar surface area (TPSA) is 37.9 Å². The van der Waals surface area contributed by atoms with E-state index in [0.29, 0.717) is 0 Å². The van der Waals surface area contributed by atoms with Crippen LogP contribution in [0.25, 0.3) is 11.0 Å². The van der Waals surface area contributed by atoms with E-state index in [1.165, 1.54) is 0 Å². The van der Waals surface area contributed by atoms with Crippen molar-refractivity contribution in [1.29, 1.82) is 0 Å². The number of rotatable bonds is 1. The van der Waals surface area contributed by atoms with Crippen molar-refractivity contribution >= 4 is 22.6 Å². The van der Waals surface area contributed by atoms with Crippen LogP contribution in [-0.2, 0) is 10.3 Å². The van der Waals surface area contributed by atoms with Gasteiger partial charge in [-0.1, -0.05) is 11.6 Å². The molecular weight excluding hydrogens is 224 g/mol. The van der Waals surface area contributed by atoms with E-state index in [0.717, 1.165) is 41.3 Å². The summed E-state index contributed by atoms with van der Waals surface area (Å²) in [5.74, 6) is 0.905. The van der Waals surface area contributed by atoms with Gasteiger partial charge in [-0.05, 0) is 38.0 Å². The molecule has 3 nitrogen and oxygen atoms in total. The largest absolute Gasteiger partial charge is 0.367 e. The van der Waals surface area contributed by atoms with Crippen LogP contribution in [0, 0.1) is 0 Å². The number of nitrogens with zero attached hydrogens (tertiary/aromatic N) is 1. The fourth-order valence-electron chi connectivity index (χ4n) is 2.20. The molecule has 0 spiro atoms. The van der Waals surface area contributed by atoms with Crippen LogP contribution in [0.15, 0.2) is 18.2 Å². The van der Waals surface area contributed by atoms with Crippen LogP contribution in [0.1, 0.15) is 25.6 Å². The Hall–Kier alpha value is -1.06. The summed E-state index contributed by atoms with van der Waals surface area (Å²) in [5.41, 5.74) is 1.65. The summed E-state index contributed by atoms with van der Waals surface area (Å²) >= 11 is 5.94. The Kier molecular flexibility index (Phi) is 2.19. The summed E-state index contributed by atoms with van der Waals surface area (Å²) in [4.78, 5) is 7.87. The number of hydrogen-bond donors (Lipinski definition) is 1. The normalized spacial score (nSPS) is 25.4. The Morgan fingerprint density at radius 3 is 3.12 bits per heavy atom. The molecule has 1 aliphatic heterocycles. The lowest BCUT2D eigenvalue weighted by Gasteiger charge is -2.19. The molecule has 0 radical (unpaired) electrons. The van der Waals surface area contributed by atoms with Crippen molar-refractivity contribution in [2.45, 2.75) is 25.4 Å². The Labute approximate surface area is 98.8 Å². The minimum atomic E-state index is -0.258. The van der Waals surface area contributed by atoms with Crippen LogP contribution >= 0.6 is 11.6 Å². The lowest BCUT2D eigenvalue weighted by atomic mass is 10.0. The van der Waals surface area contributed by atoms with E-state index in [1.54, 1.807) is 0 Å². The fraction of sp³-hybridized carbons (Fsp3) is 0.417. The Morgan fingerprint density at radius 1 is 1.50 bits per heavy atom. The van der Waals surface area contributed by atoms with Gasteiger partial charge in [-0.3, -0.25) is 0 Å². The molecule has 1 unspecified atom stereocenters. The van der Waals surface area contributed by atoms with Gasteiger partial charge in [0.1, 0.15) is 11.4 Å². The summed E-state index contributed by atoms with van der Waals surface area (Å²) in [7, 11) is 0. The van der Waals surface area contributed by atoms with Crippen molar-refractivity contribution in [3.63, 3.8) is 0 Å². The second-order valence-electron chi connectivity index (χ2n) is 4.43. The van der Waals surface area contributed by atoms with E-state index >= 15 is 0 Å². The van der Waals surface area contributed by atoms with Crippen LogP contribution in [-0.4, -0.2) is 16.6 Å². The van der Waals surface area contributed by atoms with Gasteiger partial charge in [0.05, 0.1) is 11.0 Å². The van der Waals surface area contributed by atoms with E-state index in [1.807, 2.05) is 18.2 Å². The quantitative estimate of drug-likeness (QED) is 0.826. The second-order valence-corrected chi connectivity index (χ2v) is 4.87. The molecule has 0 bridgehead atoms. The molecule has 0 amide bonds. The molecule has 2 heterocycles. The number of aromatic amines is 1. The Bertz CT molecular complexity index is 529. The van der Waals surface area contributed by atoms with Gasteiger partial charge in [0.15, 0.2) is 0 Å². The highest BCUT2D eigenvalue weighted by Gasteiger charge is 2.34. The first-order valence-corrected chi connectivity index (χ1v) is 5.85. The molecule has 1 N–H and O–H groups in total. The molecule has 1 aromatic heterocycles. The van der Waals surface area contributed by atoms with Gasteiger partial charge in [0, 0.05) is 11.6 Å². The number of ether oxygens (including phenoxy) is 1. The molecule has 0 aliphatic carbocycles. The average Bonchev–Trinajstić information content (AvgIpc) is 2.84. The molecule has 84 valence electrons. The van der Waals surface area contributed by atoms with E-state index in [4.69, 9.17) is 16.3 Å². The van der Waals surface area contributed by atoms with Crippen molar-refractivity contribution in [3.05, 3.63) is 29.0 Å². The zero-order chi connectivity index (χ0) is 11.2. The van der Waals surface area contributed by atoms with Crippen LogP contribution in [0.5, 0.6) is 0 Å². The highest BCUT2D eigenvalue weighted by Crippen LogP contribution is 2.34. The predicted molar refractivity (Wildman–Crippen MR) is 63.6 cm³/mol. The van der Waals surface area contributed by atoms with Crippen LogP contribution in [0.3, 0.4) is 0 Å². The number of H-pyrrole nitrogens is 1. The molecule has 1 atom stereocenters. The third-order valence-corrected chi connectivity index (χ3v) is 3.40. The SMILES string of the molecule is CC1(c2nc3ccc(Cl)cc3[nH]2)CCCO1. The summed E-state index contributed by atoms with van der Waals surface area (Å²) in [6, 6.07) is 5.67. The van der Waals surface area contributed by atoms with Gasteiger partial charge in [-0.15, -0.1) is 0 Å². The molecule has 3 rings (SSSR count). The van der Waals surface area contributed by atoms with Crippen LogP contribution in [0.2, 0.25) is 5.02 Å². The van der Waals surface area contributed by atoms with Crippen LogP contribution in [0.4, 0.5) is 0 Å². The maximum absolute atomic E-state index is 5.94. The van der Waals surface area contributed by atoms with E-state index in [9.17, 15) is 0 Å².